The van der Waals surface area contributed by atoms with Crippen molar-refractivity contribution in [2.24, 2.45) is 5.41 Å². The number of carbonyl (C=O) groups excluding carboxylic acids is 1. The van der Waals surface area contributed by atoms with Gasteiger partial charge in [0.15, 0.2) is 0 Å². The molecule has 0 radical (unpaired) electrons. The van der Waals surface area contributed by atoms with E-state index in [2.05, 4.69) is 45.3 Å². The van der Waals surface area contributed by atoms with Gasteiger partial charge >= 0.3 is 0 Å². The number of amides is 1. The average Bonchev–Trinajstić information content (AvgIpc) is 3.09. The lowest BCUT2D eigenvalue weighted by molar-refractivity contribution is -0.196. The van der Waals surface area contributed by atoms with Crippen molar-refractivity contribution >= 4 is 5.91 Å². The van der Waals surface area contributed by atoms with Gasteiger partial charge in [0.1, 0.15) is 24.4 Å². The summed E-state index contributed by atoms with van der Waals surface area (Å²) in [6, 6.07) is 39.2. The molecular weight excluding hydrogens is 624 g/mol. The Morgan fingerprint density at radius 1 is 0.580 bits per heavy atom. The molecule has 4 aromatic carbocycles. The van der Waals surface area contributed by atoms with Crippen LogP contribution in [0.25, 0.3) is 0 Å². The quantitative estimate of drug-likeness (QED) is 0.127. The molecule has 4 aromatic rings. The van der Waals surface area contributed by atoms with E-state index in [-0.39, 0.29) is 17.4 Å². The van der Waals surface area contributed by atoms with Crippen molar-refractivity contribution in [3.05, 3.63) is 144 Å². The fourth-order valence-corrected chi connectivity index (χ4v) is 6.94. The van der Waals surface area contributed by atoms with Crippen LogP contribution in [0.1, 0.15) is 63.3 Å². The monoisotopic (exact) mass is 678 g/mol. The van der Waals surface area contributed by atoms with Crippen LogP contribution >= 0.6 is 0 Å². The minimum Gasteiger partial charge on any atom is -0.375 e. The first-order valence-corrected chi connectivity index (χ1v) is 17.7. The number of carbonyl (C=O) groups is 1. The van der Waals surface area contributed by atoms with Crippen molar-refractivity contribution in [2.45, 2.75) is 103 Å². The Morgan fingerprint density at radius 3 is 1.42 bits per heavy atom. The third kappa shape index (κ3) is 11.6. The summed E-state index contributed by atoms with van der Waals surface area (Å²) in [6.45, 7) is 12.5. The summed E-state index contributed by atoms with van der Waals surface area (Å²) in [7, 11) is 0. The van der Waals surface area contributed by atoms with Crippen LogP contribution in [0.3, 0.4) is 0 Å². The molecule has 7 nitrogen and oxygen atoms in total. The molecule has 7 heteroatoms. The summed E-state index contributed by atoms with van der Waals surface area (Å²) in [5.74, 6) is -0.139. The SMILES string of the molecule is CC(C)(C)CC(C)(C)NC(=O)[C@@H]1N[C@@H](COCc2ccccc2)[C@@H](OCc2ccccc2)[C@H](OCc2ccccc2)[C@H]1OCc1ccccc1. The summed E-state index contributed by atoms with van der Waals surface area (Å²) in [5, 5.41) is 7.02. The molecule has 1 fully saturated rings. The van der Waals surface area contributed by atoms with Gasteiger partial charge in [0.05, 0.1) is 39.1 Å². The van der Waals surface area contributed by atoms with Crippen molar-refractivity contribution in [2.75, 3.05) is 6.61 Å². The van der Waals surface area contributed by atoms with Gasteiger partial charge in [-0.05, 0) is 47.9 Å². The largest absolute Gasteiger partial charge is 0.375 e. The summed E-state index contributed by atoms with van der Waals surface area (Å²) in [4.78, 5) is 14.5. The Labute approximate surface area is 298 Å². The van der Waals surface area contributed by atoms with Crippen molar-refractivity contribution in [3.8, 4) is 0 Å². The molecule has 1 aliphatic heterocycles. The smallest absolute Gasteiger partial charge is 0.240 e. The number of nitrogens with one attached hydrogen (secondary N) is 2. The Kier molecular flexibility index (Phi) is 13.4. The Bertz CT molecular complexity index is 1560. The van der Waals surface area contributed by atoms with Crippen molar-refractivity contribution in [1.29, 1.82) is 0 Å². The van der Waals surface area contributed by atoms with Gasteiger partial charge in [0, 0.05) is 5.54 Å². The van der Waals surface area contributed by atoms with Crippen LogP contribution in [0.5, 0.6) is 0 Å². The molecule has 1 heterocycles. The van der Waals surface area contributed by atoms with E-state index in [1.807, 2.05) is 121 Å². The maximum absolute atomic E-state index is 14.5. The first-order chi connectivity index (χ1) is 24.1. The molecule has 0 bridgehead atoms. The lowest BCUT2D eigenvalue weighted by Gasteiger charge is -2.47. The number of hydrogen-bond donors (Lipinski definition) is 2. The maximum Gasteiger partial charge on any atom is 0.240 e. The lowest BCUT2D eigenvalue weighted by atomic mass is 9.81. The van der Waals surface area contributed by atoms with Gasteiger partial charge in [-0.3, -0.25) is 10.1 Å². The molecule has 1 saturated heterocycles. The Balaban J connectivity index is 1.49. The predicted octanol–water partition coefficient (Wildman–Crippen LogP) is 7.63. The molecule has 266 valence electrons. The highest BCUT2D eigenvalue weighted by Gasteiger charge is 2.50. The van der Waals surface area contributed by atoms with Crippen LogP contribution in [0.4, 0.5) is 0 Å². The van der Waals surface area contributed by atoms with E-state index in [4.69, 9.17) is 18.9 Å². The standard InChI is InChI=1S/C43H54N2O5/c1-42(2,3)31-43(4,5)45-41(46)37-39(49-28-34-22-14-8-15-23-34)40(50-29-35-24-16-9-17-25-35)38(48-27-33-20-12-7-13-21-33)36(44-37)30-47-26-32-18-10-6-11-19-32/h6-25,36-40,44H,26-31H2,1-5H3,(H,45,46)/t36-,37+,38+,39-,40-/m0/s1. The van der Waals surface area contributed by atoms with E-state index in [1.165, 1.54) is 0 Å². The van der Waals surface area contributed by atoms with Crippen LogP contribution in [0.2, 0.25) is 0 Å². The van der Waals surface area contributed by atoms with Crippen LogP contribution in [0.15, 0.2) is 121 Å². The minimum absolute atomic E-state index is 0.0193. The third-order valence-corrected chi connectivity index (χ3v) is 8.75. The molecule has 2 N–H and O–H groups in total. The van der Waals surface area contributed by atoms with Gasteiger partial charge in [0.2, 0.25) is 5.91 Å². The minimum atomic E-state index is -0.736. The van der Waals surface area contributed by atoms with Gasteiger partial charge in [-0.1, -0.05) is 142 Å². The number of ether oxygens (including phenoxy) is 4. The Hall–Kier alpha value is -3.85. The van der Waals surface area contributed by atoms with Gasteiger partial charge in [-0.2, -0.15) is 0 Å². The van der Waals surface area contributed by atoms with E-state index in [9.17, 15) is 4.79 Å². The second-order valence-electron chi connectivity index (χ2n) is 15.1. The van der Waals surface area contributed by atoms with E-state index in [1.54, 1.807) is 0 Å². The van der Waals surface area contributed by atoms with Crippen molar-refractivity contribution in [3.63, 3.8) is 0 Å². The highest BCUT2D eigenvalue weighted by atomic mass is 16.6. The summed E-state index contributed by atoms with van der Waals surface area (Å²) in [5.41, 5.74) is 3.72. The normalized spacial score (nSPS) is 21.1. The van der Waals surface area contributed by atoms with Crippen LogP contribution in [-0.4, -0.2) is 48.4 Å². The number of hydrogen-bond acceptors (Lipinski definition) is 6. The predicted molar refractivity (Wildman–Crippen MR) is 198 cm³/mol. The van der Waals surface area contributed by atoms with E-state index in [0.29, 0.717) is 33.0 Å². The lowest BCUT2D eigenvalue weighted by Crippen LogP contribution is -2.71. The maximum atomic E-state index is 14.5. The average molecular weight is 679 g/mol. The molecule has 0 unspecified atom stereocenters. The second-order valence-corrected chi connectivity index (χ2v) is 15.1. The zero-order valence-electron chi connectivity index (χ0n) is 30.2. The van der Waals surface area contributed by atoms with E-state index < -0.39 is 29.9 Å². The zero-order valence-corrected chi connectivity index (χ0v) is 30.2. The van der Waals surface area contributed by atoms with Crippen LogP contribution in [0, 0.1) is 5.41 Å². The van der Waals surface area contributed by atoms with Crippen molar-refractivity contribution in [1.82, 2.24) is 10.6 Å². The number of benzene rings is 4. The molecule has 5 rings (SSSR count). The third-order valence-electron chi connectivity index (χ3n) is 8.75. The number of rotatable bonds is 16. The summed E-state index contributed by atoms with van der Waals surface area (Å²) < 4.78 is 26.7. The van der Waals surface area contributed by atoms with Crippen LogP contribution < -0.4 is 10.6 Å². The fourth-order valence-electron chi connectivity index (χ4n) is 6.94. The van der Waals surface area contributed by atoms with Gasteiger partial charge in [0.25, 0.3) is 0 Å². The first-order valence-electron chi connectivity index (χ1n) is 17.7. The fraction of sp³-hybridized carbons (Fsp3) is 0.419. The highest BCUT2D eigenvalue weighted by molar-refractivity contribution is 5.83. The second kappa shape index (κ2) is 17.9. The molecule has 0 spiro atoms. The Morgan fingerprint density at radius 2 is 0.980 bits per heavy atom. The van der Waals surface area contributed by atoms with Crippen molar-refractivity contribution < 1.29 is 23.7 Å². The molecule has 5 atom stereocenters. The van der Waals surface area contributed by atoms with Gasteiger partial charge < -0.3 is 24.3 Å². The topological polar surface area (TPSA) is 78.1 Å². The summed E-state index contributed by atoms with van der Waals surface area (Å²) >= 11 is 0. The van der Waals surface area contributed by atoms with Crippen LogP contribution in [-0.2, 0) is 50.2 Å². The van der Waals surface area contributed by atoms with E-state index in [0.717, 1.165) is 28.7 Å². The summed E-state index contributed by atoms with van der Waals surface area (Å²) in [6.07, 6.45) is -0.970. The molecule has 1 amide bonds. The highest BCUT2D eigenvalue weighted by Crippen LogP contribution is 2.30. The van der Waals surface area contributed by atoms with Gasteiger partial charge in [-0.25, -0.2) is 0 Å². The molecule has 0 aromatic heterocycles. The van der Waals surface area contributed by atoms with Gasteiger partial charge in [-0.15, -0.1) is 0 Å². The van der Waals surface area contributed by atoms with E-state index >= 15 is 0 Å². The molecule has 0 aliphatic carbocycles. The molecule has 50 heavy (non-hydrogen) atoms. The molecule has 1 aliphatic rings. The molecular formula is C43H54N2O5. The molecule has 0 saturated carbocycles. The first kappa shape index (κ1) is 37.4. The number of piperidine rings is 1. The zero-order chi connectivity index (χ0) is 35.4.